The fraction of sp³-hybridized carbons (Fsp3) is 0.0750. The zero-order chi connectivity index (χ0) is 55.6. The zero-order valence-corrected chi connectivity index (χ0v) is 47.0. The first kappa shape index (κ1) is 48.7. The van der Waals surface area contributed by atoms with Crippen molar-refractivity contribution in [3.05, 3.63) is 308 Å². The molecule has 2 aliphatic carbocycles. The summed E-state index contributed by atoms with van der Waals surface area (Å²) < 4.78 is 2.74. The predicted molar refractivity (Wildman–Crippen MR) is 350 cm³/mol. The van der Waals surface area contributed by atoms with Crippen LogP contribution in [0.15, 0.2) is 285 Å². The Morgan fingerprint density at radius 1 is 0.277 bits per heavy atom. The molecule has 0 radical (unpaired) electrons. The highest BCUT2D eigenvalue weighted by Gasteiger charge is 2.48. The quantitative estimate of drug-likeness (QED) is 0.135. The summed E-state index contributed by atoms with van der Waals surface area (Å²) in [6.07, 6.45) is 0. The molecule has 2 aromatic heterocycles. The molecule has 394 valence electrons. The normalized spacial score (nSPS) is 13.5. The lowest BCUT2D eigenvalue weighted by molar-refractivity contribution is 0.588. The minimum Gasteiger partial charge on any atom is -0.314 e. The topological polar surface area (TPSA) is 10.9 Å². The van der Waals surface area contributed by atoms with Crippen LogP contribution in [-0.2, 0) is 10.8 Å². The molecular weight excluding hydrogens is 1000 g/mol. The predicted octanol–water partition coefficient (Wildman–Crippen LogP) is 21.9. The summed E-state index contributed by atoms with van der Waals surface area (Å²) in [5, 5.41) is 5.24. The van der Waals surface area contributed by atoms with Crippen molar-refractivity contribution in [1.29, 1.82) is 0 Å². The van der Waals surface area contributed by atoms with Crippen LogP contribution in [0, 0.1) is 0 Å². The van der Waals surface area contributed by atoms with Gasteiger partial charge in [-0.25, -0.2) is 0 Å². The van der Waals surface area contributed by atoms with Crippen molar-refractivity contribution in [1.82, 2.24) is 4.40 Å². The van der Waals surface area contributed by atoms with Crippen LogP contribution >= 0.6 is 0 Å². The van der Waals surface area contributed by atoms with Crippen molar-refractivity contribution in [2.24, 2.45) is 0 Å². The molecule has 0 amide bonds. The molecule has 0 spiro atoms. The van der Waals surface area contributed by atoms with Gasteiger partial charge in [-0.3, -0.25) is 0 Å². The maximum Gasteiger partial charge on any atom is 0.0621 e. The van der Waals surface area contributed by atoms with Gasteiger partial charge in [0.15, 0.2) is 0 Å². The summed E-state index contributed by atoms with van der Waals surface area (Å²) in [6.45, 7) is 9.86. The minimum absolute atomic E-state index is 0.365. The van der Waals surface area contributed by atoms with Gasteiger partial charge >= 0.3 is 0 Å². The van der Waals surface area contributed by atoms with Crippen molar-refractivity contribution in [2.45, 2.75) is 38.5 Å². The van der Waals surface area contributed by atoms with E-state index in [1.54, 1.807) is 0 Å². The number of rotatable bonds is 10. The molecule has 0 bridgehead atoms. The van der Waals surface area contributed by atoms with Crippen molar-refractivity contribution in [3.8, 4) is 66.8 Å². The first-order valence-electron chi connectivity index (χ1n) is 29.1. The Balaban J connectivity index is 0.848. The number of hydrogen-bond donors (Lipinski definition) is 0. The van der Waals surface area contributed by atoms with E-state index < -0.39 is 0 Å². The molecule has 0 saturated carbocycles. The van der Waals surface area contributed by atoms with Gasteiger partial charge in [-0.1, -0.05) is 234 Å². The highest BCUT2D eigenvalue weighted by atomic mass is 15.1. The Hall–Kier alpha value is -10.2. The maximum atomic E-state index is 2.74. The van der Waals surface area contributed by atoms with E-state index >= 15 is 0 Å². The van der Waals surface area contributed by atoms with E-state index in [1.807, 2.05) is 0 Å². The summed E-state index contributed by atoms with van der Waals surface area (Å²) in [5.41, 5.74) is 27.7. The minimum atomic E-state index is -0.370. The lowest BCUT2D eigenvalue weighted by Gasteiger charge is -2.30. The van der Waals surface area contributed by atoms with Gasteiger partial charge < -0.3 is 14.2 Å². The monoisotopic (exact) mass is 1060 g/mol. The molecule has 0 fully saturated rings. The third kappa shape index (κ3) is 7.58. The Morgan fingerprint density at radius 3 is 0.976 bits per heavy atom. The molecule has 0 unspecified atom stereocenters. The van der Waals surface area contributed by atoms with Crippen LogP contribution in [0.1, 0.15) is 50.2 Å². The van der Waals surface area contributed by atoms with Crippen LogP contribution in [0.2, 0.25) is 0 Å². The van der Waals surface area contributed by atoms with Gasteiger partial charge in [0, 0.05) is 78.2 Å². The molecule has 2 heterocycles. The molecule has 0 N–H and O–H groups in total. The van der Waals surface area contributed by atoms with Crippen molar-refractivity contribution in [3.63, 3.8) is 0 Å². The fourth-order valence-corrected chi connectivity index (χ4v) is 14.2. The van der Waals surface area contributed by atoms with E-state index in [2.05, 4.69) is 327 Å². The van der Waals surface area contributed by atoms with E-state index in [4.69, 9.17) is 0 Å². The smallest absolute Gasteiger partial charge is 0.0621 e. The molecule has 3 heteroatoms. The molecule has 3 nitrogen and oxygen atoms in total. The Morgan fingerprint density at radius 2 is 0.590 bits per heavy atom. The molecule has 16 rings (SSSR count). The summed E-state index contributed by atoms with van der Waals surface area (Å²) in [6, 6.07) is 105. The second-order valence-electron chi connectivity index (χ2n) is 23.7. The average molecular weight is 1060 g/mol. The standard InChI is InChI=1S/C80H59N3/c1-79(2)71-50-65(81(61-37-29-56(30-38-61)52-19-9-5-10-20-52)62-39-31-57(32-40-62)53-21-11-6-12-22-53)45-47-68(71)73-70-49-60-27-17-18-28-67(60)74-75-69-48-46-66(51-72(69)80(3,4)78(75)83(76(70)74)77(73)79)82(63-41-33-58(34-42-63)54-23-13-7-14-24-54)64-43-35-59(36-44-64)55-25-15-8-16-26-55/h5-51H,1-4H3. The van der Waals surface area contributed by atoms with Crippen LogP contribution in [-0.4, -0.2) is 4.40 Å². The highest BCUT2D eigenvalue weighted by Crippen LogP contribution is 2.62. The van der Waals surface area contributed by atoms with E-state index in [1.165, 1.54) is 116 Å². The lowest BCUT2D eigenvalue weighted by atomic mass is 9.83. The van der Waals surface area contributed by atoms with E-state index in [9.17, 15) is 0 Å². The highest BCUT2D eigenvalue weighted by molar-refractivity contribution is 6.26. The second kappa shape index (κ2) is 18.7. The molecule has 0 saturated heterocycles. The van der Waals surface area contributed by atoms with Gasteiger partial charge in [0.1, 0.15) is 0 Å². The molecule has 83 heavy (non-hydrogen) atoms. The van der Waals surface area contributed by atoms with Gasteiger partial charge in [-0.2, -0.15) is 0 Å². The number of fused-ring (bicyclic) bond motifs is 12. The number of anilines is 6. The summed E-state index contributed by atoms with van der Waals surface area (Å²) >= 11 is 0. The molecule has 0 atom stereocenters. The Labute approximate surface area is 485 Å². The van der Waals surface area contributed by atoms with E-state index in [0.717, 1.165) is 34.1 Å². The van der Waals surface area contributed by atoms with Crippen LogP contribution in [0.4, 0.5) is 34.1 Å². The summed E-state index contributed by atoms with van der Waals surface area (Å²) in [7, 11) is 0. The number of hydrogen-bond acceptors (Lipinski definition) is 2. The lowest BCUT2D eigenvalue weighted by Crippen LogP contribution is -2.23. The summed E-state index contributed by atoms with van der Waals surface area (Å²) in [4.78, 5) is 4.88. The zero-order valence-electron chi connectivity index (χ0n) is 47.0. The summed E-state index contributed by atoms with van der Waals surface area (Å²) in [5.74, 6) is 0. The van der Waals surface area contributed by atoms with E-state index in [0.29, 0.717) is 0 Å². The van der Waals surface area contributed by atoms with Crippen LogP contribution in [0.3, 0.4) is 0 Å². The average Bonchev–Trinajstić information content (AvgIpc) is 1.62. The number of aromatic nitrogens is 1. The van der Waals surface area contributed by atoms with Gasteiger partial charge in [0.2, 0.25) is 0 Å². The van der Waals surface area contributed by atoms with Gasteiger partial charge in [-0.05, 0) is 156 Å². The molecule has 0 aliphatic heterocycles. The van der Waals surface area contributed by atoms with Crippen molar-refractivity contribution >= 4 is 61.2 Å². The molecule has 2 aliphatic rings. The SMILES string of the molecule is CC1(C)c2cc(N(c3ccc(-c4ccccc4)cc3)c3ccc(-c4ccccc4)cc3)ccc2-c2c1n1c3c(c4c5ccccc5cc2c41)-c1ccc(N(c2ccc(-c4ccccc4)cc2)c2ccc(-c4ccccc4)cc2)cc1C3(C)C. The van der Waals surface area contributed by atoms with Gasteiger partial charge in [0.05, 0.1) is 5.52 Å². The van der Waals surface area contributed by atoms with E-state index in [-0.39, 0.29) is 10.8 Å². The third-order valence-corrected chi connectivity index (χ3v) is 18.2. The van der Waals surface area contributed by atoms with Crippen LogP contribution in [0.5, 0.6) is 0 Å². The maximum absolute atomic E-state index is 2.74. The van der Waals surface area contributed by atoms with Crippen LogP contribution < -0.4 is 9.80 Å². The fourth-order valence-electron chi connectivity index (χ4n) is 14.2. The number of benzene rings is 12. The Bertz CT molecular complexity index is 4600. The third-order valence-electron chi connectivity index (χ3n) is 18.2. The largest absolute Gasteiger partial charge is 0.314 e. The second-order valence-corrected chi connectivity index (χ2v) is 23.7. The first-order chi connectivity index (χ1) is 40.7. The van der Waals surface area contributed by atoms with Gasteiger partial charge in [-0.15, -0.1) is 0 Å². The van der Waals surface area contributed by atoms with Crippen LogP contribution in [0.25, 0.3) is 93.8 Å². The van der Waals surface area contributed by atoms with Crippen molar-refractivity contribution in [2.75, 3.05) is 9.80 Å². The molecule has 12 aromatic carbocycles. The van der Waals surface area contributed by atoms with Crippen molar-refractivity contribution < 1.29 is 0 Å². The Kier molecular flexibility index (Phi) is 10.9. The molecule has 14 aromatic rings. The number of nitrogens with zero attached hydrogens (tertiary/aromatic N) is 3. The molecular formula is C80H59N3. The first-order valence-corrected chi connectivity index (χ1v) is 29.1. The van der Waals surface area contributed by atoms with Gasteiger partial charge in [0.25, 0.3) is 0 Å².